The minimum atomic E-state index is 0.0509. The highest BCUT2D eigenvalue weighted by atomic mass is 16.7. The Kier molecular flexibility index (Phi) is 2.09. The summed E-state index contributed by atoms with van der Waals surface area (Å²) >= 11 is 0. The molecule has 0 aromatic heterocycles. The van der Waals surface area contributed by atoms with Crippen LogP contribution in [0.15, 0.2) is 0 Å². The highest BCUT2D eigenvalue weighted by molar-refractivity contribution is 4.67. The molecule has 0 radical (unpaired) electrons. The molecule has 0 unspecified atom stereocenters. The number of ether oxygens (including phenoxy) is 2. The lowest BCUT2D eigenvalue weighted by Gasteiger charge is -2.03. The van der Waals surface area contributed by atoms with Gasteiger partial charge in [-0.15, -0.1) is 0 Å². The van der Waals surface area contributed by atoms with Crippen LogP contribution in [0, 0.1) is 0 Å². The van der Waals surface area contributed by atoms with Crippen LogP contribution in [0.4, 0.5) is 0 Å². The molecule has 0 spiro atoms. The Bertz CT molecular complexity index is 82.9. The minimum absolute atomic E-state index is 0.0509. The SMILES string of the molecule is CCC1O[C@H](C)[C@@H](C)O1. The van der Waals surface area contributed by atoms with Gasteiger partial charge in [-0.25, -0.2) is 0 Å². The molecule has 0 saturated carbocycles. The van der Waals surface area contributed by atoms with E-state index in [1.165, 1.54) is 0 Å². The van der Waals surface area contributed by atoms with E-state index in [4.69, 9.17) is 9.47 Å². The molecule has 0 aliphatic carbocycles. The molecule has 1 saturated heterocycles. The molecule has 2 atom stereocenters. The maximum absolute atomic E-state index is 5.40. The number of rotatable bonds is 1. The zero-order valence-electron chi connectivity index (χ0n) is 6.26. The zero-order valence-corrected chi connectivity index (χ0v) is 6.26. The van der Waals surface area contributed by atoms with E-state index in [9.17, 15) is 0 Å². The van der Waals surface area contributed by atoms with Crippen LogP contribution in [0.25, 0.3) is 0 Å². The van der Waals surface area contributed by atoms with Gasteiger partial charge in [-0.3, -0.25) is 0 Å². The molecule has 1 aliphatic heterocycles. The second-order valence-corrected chi connectivity index (χ2v) is 2.52. The van der Waals surface area contributed by atoms with Gasteiger partial charge >= 0.3 is 0 Å². The molecule has 54 valence electrons. The lowest BCUT2D eigenvalue weighted by atomic mass is 10.3. The molecule has 0 amide bonds. The van der Waals surface area contributed by atoms with Gasteiger partial charge in [0, 0.05) is 0 Å². The fourth-order valence-electron chi connectivity index (χ4n) is 0.925. The Hall–Kier alpha value is -0.0800. The van der Waals surface area contributed by atoms with E-state index in [1.54, 1.807) is 0 Å². The fourth-order valence-corrected chi connectivity index (χ4v) is 0.925. The van der Waals surface area contributed by atoms with E-state index in [0.717, 1.165) is 6.42 Å². The summed E-state index contributed by atoms with van der Waals surface area (Å²) in [6, 6.07) is 0. The quantitative estimate of drug-likeness (QED) is 0.536. The van der Waals surface area contributed by atoms with E-state index in [-0.39, 0.29) is 18.5 Å². The third-order valence-electron chi connectivity index (χ3n) is 1.73. The molecule has 2 heteroatoms. The molecule has 9 heavy (non-hydrogen) atoms. The summed E-state index contributed by atoms with van der Waals surface area (Å²) < 4.78 is 10.8. The molecule has 1 fully saturated rings. The predicted molar refractivity (Wildman–Crippen MR) is 35.2 cm³/mol. The topological polar surface area (TPSA) is 18.5 Å². The lowest BCUT2D eigenvalue weighted by molar-refractivity contribution is -0.0635. The van der Waals surface area contributed by atoms with Gasteiger partial charge < -0.3 is 9.47 Å². The Morgan fingerprint density at radius 3 is 1.78 bits per heavy atom. The highest BCUT2D eigenvalue weighted by Gasteiger charge is 2.27. The monoisotopic (exact) mass is 130 g/mol. The van der Waals surface area contributed by atoms with Crippen molar-refractivity contribution in [1.29, 1.82) is 0 Å². The summed E-state index contributed by atoms with van der Waals surface area (Å²) in [5.41, 5.74) is 0. The van der Waals surface area contributed by atoms with Crippen molar-refractivity contribution >= 4 is 0 Å². The summed E-state index contributed by atoms with van der Waals surface area (Å²) in [5.74, 6) is 0. The van der Waals surface area contributed by atoms with E-state index in [0.29, 0.717) is 0 Å². The van der Waals surface area contributed by atoms with E-state index in [2.05, 4.69) is 6.92 Å². The molecule has 0 aromatic carbocycles. The van der Waals surface area contributed by atoms with Gasteiger partial charge in [0.15, 0.2) is 6.29 Å². The van der Waals surface area contributed by atoms with Crippen molar-refractivity contribution in [1.82, 2.24) is 0 Å². The van der Waals surface area contributed by atoms with Crippen LogP contribution in [-0.2, 0) is 9.47 Å². The molecule has 0 N–H and O–H groups in total. The second-order valence-electron chi connectivity index (χ2n) is 2.52. The Labute approximate surface area is 56.2 Å². The van der Waals surface area contributed by atoms with Crippen molar-refractivity contribution in [3.8, 4) is 0 Å². The van der Waals surface area contributed by atoms with Gasteiger partial charge in [0.05, 0.1) is 12.2 Å². The Balaban J connectivity index is 2.35. The van der Waals surface area contributed by atoms with Gasteiger partial charge in [0.2, 0.25) is 0 Å². The van der Waals surface area contributed by atoms with Crippen LogP contribution in [0.5, 0.6) is 0 Å². The van der Waals surface area contributed by atoms with Gasteiger partial charge in [-0.05, 0) is 20.3 Å². The first-order valence-corrected chi connectivity index (χ1v) is 3.55. The van der Waals surface area contributed by atoms with Gasteiger partial charge in [-0.2, -0.15) is 0 Å². The highest BCUT2D eigenvalue weighted by Crippen LogP contribution is 2.19. The third kappa shape index (κ3) is 1.43. The first kappa shape index (κ1) is 7.03. The maximum atomic E-state index is 5.40. The van der Waals surface area contributed by atoms with Crippen molar-refractivity contribution in [3.63, 3.8) is 0 Å². The van der Waals surface area contributed by atoms with Gasteiger partial charge in [-0.1, -0.05) is 6.92 Å². The van der Waals surface area contributed by atoms with Crippen molar-refractivity contribution in [2.24, 2.45) is 0 Å². The molecule has 0 bridgehead atoms. The van der Waals surface area contributed by atoms with Crippen LogP contribution in [0.3, 0.4) is 0 Å². The molecular formula is C7H14O2. The maximum Gasteiger partial charge on any atom is 0.158 e. The zero-order chi connectivity index (χ0) is 6.85. The summed E-state index contributed by atoms with van der Waals surface area (Å²) in [6.45, 7) is 6.15. The van der Waals surface area contributed by atoms with Gasteiger partial charge in [0.1, 0.15) is 0 Å². The summed E-state index contributed by atoms with van der Waals surface area (Å²) in [4.78, 5) is 0. The minimum Gasteiger partial charge on any atom is -0.347 e. The first-order valence-electron chi connectivity index (χ1n) is 3.55. The smallest absolute Gasteiger partial charge is 0.158 e. The van der Waals surface area contributed by atoms with Crippen molar-refractivity contribution < 1.29 is 9.47 Å². The molecule has 0 aromatic rings. The molecule has 2 nitrogen and oxygen atoms in total. The second kappa shape index (κ2) is 2.67. The average Bonchev–Trinajstić information content (AvgIpc) is 2.13. The lowest BCUT2D eigenvalue weighted by Crippen LogP contribution is -2.13. The van der Waals surface area contributed by atoms with Crippen molar-refractivity contribution in [3.05, 3.63) is 0 Å². The number of hydrogen-bond acceptors (Lipinski definition) is 2. The standard InChI is InChI=1S/C7H14O2/c1-4-7-8-5(2)6(3)9-7/h5-7H,4H2,1-3H3/t5-,6-/m1/s1. The van der Waals surface area contributed by atoms with Crippen LogP contribution in [0.1, 0.15) is 27.2 Å². The van der Waals surface area contributed by atoms with Gasteiger partial charge in [0.25, 0.3) is 0 Å². The van der Waals surface area contributed by atoms with Crippen molar-refractivity contribution in [2.75, 3.05) is 0 Å². The Morgan fingerprint density at radius 2 is 1.56 bits per heavy atom. The molecule has 1 heterocycles. The normalized spacial score (nSPS) is 37.7. The van der Waals surface area contributed by atoms with Crippen LogP contribution in [-0.4, -0.2) is 18.5 Å². The summed E-state index contributed by atoms with van der Waals surface area (Å²) in [6.07, 6.45) is 1.55. The van der Waals surface area contributed by atoms with Crippen LogP contribution in [0.2, 0.25) is 0 Å². The number of hydrogen-bond donors (Lipinski definition) is 0. The molecule has 1 rings (SSSR count). The first-order chi connectivity index (χ1) is 4.24. The largest absolute Gasteiger partial charge is 0.347 e. The Morgan fingerprint density at radius 1 is 1.11 bits per heavy atom. The summed E-state index contributed by atoms with van der Waals surface area (Å²) in [7, 11) is 0. The molecular weight excluding hydrogens is 116 g/mol. The third-order valence-corrected chi connectivity index (χ3v) is 1.73. The van der Waals surface area contributed by atoms with E-state index >= 15 is 0 Å². The van der Waals surface area contributed by atoms with E-state index < -0.39 is 0 Å². The summed E-state index contributed by atoms with van der Waals surface area (Å²) in [5, 5.41) is 0. The van der Waals surface area contributed by atoms with Crippen LogP contribution < -0.4 is 0 Å². The van der Waals surface area contributed by atoms with E-state index in [1.807, 2.05) is 13.8 Å². The fraction of sp³-hybridized carbons (Fsp3) is 1.00. The predicted octanol–water partition coefficient (Wildman–Crippen LogP) is 1.55. The molecule has 1 aliphatic rings. The average molecular weight is 130 g/mol. The van der Waals surface area contributed by atoms with Crippen molar-refractivity contribution in [2.45, 2.75) is 45.7 Å². The van der Waals surface area contributed by atoms with Crippen LogP contribution >= 0.6 is 0 Å².